The summed E-state index contributed by atoms with van der Waals surface area (Å²) in [5, 5.41) is 0.750. The second-order valence-corrected chi connectivity index (χ2v) is 5.59. The van der Waals surface area contributed by atoms with E-state index in [2.05, 4.69) is 16.9 Å². The number of ether oxygens (including phenoxy) is 1. The quantitative estimate of drug-likeness (QED) is 0.685. The van der Waals surface area contributed by atoms with Gasteiger partial charge in [-0.2, -0.15) is 4.98 Å². The highest BCUT2D eigenvalue weighted by molar-refractivity contribution is 5.94. The van der Waals surface area contributed by atoms with Crippen molar-refractivity contribution in [3.8, 4) is 5.75 Å². The summed E-state index contributed by atoms with van der Waals surface area (Å²) in [4.78, 5) is 8.20. The van der Waals surface area contributed by atoms with E-state index >= 15 is 0 Å². The van der Waals surface area contributed by atoms with Gasteiger partial charge in [0.05, 0.1) is 17.5 Å². The lowest BCUT2D eigenvalue weighted by Gasteiger charge is -2.10. The SMILES string of the molecule is CCCCCCCCCOc1cccc2nc(N)nc(N)c12. The monoisotopic (exact) mass is 302 g/mol. The Balaban J connectivity index is 1.85. The van der Waals surface area contributed by atoms with Gasteiger partial charge in [-0.25, -0.2) is 4.98 Å². The van der Waals surface area contributed by atoms with Crippen molar-refractivity contribution in [2.24, 2.45) is 0 Å². The van der Waals surface area contributed by atoms with Gasteiger partial charge in [0.25, 0.3) is 0 Å². The lowest BCUT2D eigenvalue weighted by atomic mass is 10.1. The van der Waals surface area contributed by atoms with E-state index in [1.807, 2.05) is 18.2 Å². The predicted molar refractivity (Wildman–Crippen MR) is 91.9 cm³/mol. The Morgan fingerprint density at radius 1 is 0.955 bits per heavy atom. The van der Waals surface area contributed by atoms with E-state index in [0.717, 1.165) is 23.1 Å². The molecule has 5 heteroatoms. The number of fused-ring (bicyclic) bond motifs is 1. The number of unbranched alkanes of at least 4 members (excludes halogenated alkanes) is 6. The third kappa shape index (κ3) is 4.48. The molecule has 1 aromatic carbocycles. The zero-order valence-electron chi connectivity index (χ0n) is 13.3. The fourth-order valence-electron chi connectivity index (χ4n) is 2.56. The standard InChI is InChI=1S/C17H26N4O/c1-2-3-4-5-6-7-8-12-22-14-11-9-10-13-15(14)16(18)21-17(19)20-13/h9-11H,2-8,12H2,1H3,(H4,18,19,20,21). The zero-order valence-corrected chi connectivity index (χ0v) is 13.3. The first kappa shape index (κ1) is 16.3. The van der Waals surface area contributed by atoms with Gasteiger partial charge >= 0.3 is 0 Å². The van der Waals surface area contributed by atoms with Crippen LogP contribution >= 0.6 is 0 Å². The van der Waals surface area contributed by atoms with Crippen LogP contribution in [0, 0.1) is 0 Å². The van der Waals surface area contributed by atoms with Crippen LogP contribution in [0.4, 0.5) is 11.8 Å². The third-order valence-electron chi connectivity index (χ3n) is 3.74. The Kier molecular flexibility index (Phi) is 6.25. The predicted octanol–water partition coefficient (Wildman–Crippen LogP) is 3.92. The Hall–Kier alpha value is -2.04. The van der Waals surface area contributed by atoms with Crippen molar-refractivity contribution in [3.05, 3.63) is 18.2 Å². The van der Waals surface area contributed by atoms with Gasteiger partial charge in [0, 0.05) is 0 Å². The van der Waals surface area contributed by atoms with Crippen LogP contribution in [0.15, 0.2) is 18.2 Å². The fourth-order valence-corrected chi connectivity index (χ4v) is 2.56. The summed E-state index contributed by atoms with van der Waals surface area (Å²) in [5.74, 6) is 1.30. The number of rotatable bonds is 9. The molecule has 120 valence electrons. The minimum Gasteiger partial charge on any atom is -0.493 e. The van der Waals surface area contributed by atoms with Crippen LogP contribution in [-0.2, 0) is 0 Å². The average molecular weight is 302 g/mol. The summed E-state index contributed by atoms with van der Waals surface area (Å²) in [6, 6.07) is 5.66. The van der Waals surface area contributed by atoms with Crippen LogP contribution in [0.2, 0.25) is 0 Å². The largest absolute Gasteiger partial charge is 0.493 e. The molecule has 0 aliphatic carbocycles. The zero-order chi connectivity index (χ0) is 15.8. The molecule has 0 bridgehead atoms. The van der Waals surface area contributed by atoms with Crippen molar-refractivity contribution in [1.29, 1.82) is 0 Å². The molecule has 2 rings (SSSR count). The number of benzene rings is 1. The summed E-state index contributed by atoms with van der Waals surface area (Å²) >= 11 is 0. The molecule has 4 N–H and O–H groups in total. The van der Waals surface area contributed by atoms with Crippen molar-refractivity contribution < 1.29 is 4.74 Å². The molecule has 22 heavy (non-hydrogen) atoms. The molecule has 0 saturated heterocycles. The lowest BCUT2D eigenvalue weighted by molar-refractivity contribution is 0.307. The first-order valence-corrected chi connectivity index (χ1v) is 8.17. The molecule has 0 saturated carbocycles. The maximum atomic E-state index is 5.95. The Bertz CT molecular complexity index is 600. The van der Waals surface area contributed by atoms with Gasteiger partial charge in [0.15, 0.2) is 0 Å². The van der Waals surface area contributed by atoms with Crippen molar-refractivity contribution in [2.45, 2.75) is 51.9 Å². The molecule has 0 aliphatic heterocycles. The van der Waals surface area contributed by atoms with Gasteiger partial charge in [-0.1, -0.05) is 51.5 Å². The van der Waals surface area contributed by atoms with E-state index in [1.54, 1.807) is 0 Å². The van der Waals surface area contributed by atoms with Crippen molar-refractivity contribution in [2.75, 3.05) is 18.1 Å². The minimum atomic E-state index is 0.189. The topological polar surface area (TPSA) is 87.0 Å². The van der Waals surface area contributed by atoms with Crippen molar-refractivity contribution in [1.82, 2.24) is 9.97 Å². The highest BCUT2D eigenvalue weighted by Crippen LogP contribution is 2.29. The van der Waals surface area contributed by atoms with Crippen LogP contribution in [0.25, 0.3) is 10.9 Å². The molecule has 2 aromatic rings. The summed E-state index contributed by atoms with van der Waals surface area (Å²) in [6.07, 6.45) is 8.83. The van der Waals surface area contributed by atoms with E-state index in [1.165, 1.54) is 38.5 Å². The van der Waals surface area contributed by atoms with Crippen LogP contribution in [-0.4, -0.2) is 16.6 Å². The molecule has 0 atom stereocenters. The van der Waals surface area contributed by atoms with E-state index in [0.29, 0.717) is 12.4 Å². The normalized spacial score (nSPS) is 11.0. The maximum absolute atomic E-state index is 5.95. The summed E-state index contributed by atoms with van der Waals surface area (Å²) in [5.41, 5.74) is 12.3. The molecule has 1 aromatic heterocycles. The van der Waals surface area contributed by atoms with Gasteiger partial charge < -0.3 is 16.2 Å². The first-order valence-electron chi connectivity index (χ1n) is 8.17. The molecule has 1 heterocycles. The van der Waals surface area contributed by atoms with E-state index < -0.39 is 0 Å². The van der Waals surface area contributed by atoms with E-state index in [9.17, 15) is 0 Å². The summed E-state index contributed by atoms with van der Waals surface area (Å²) in [7, 11) is 0. The first-order chi connectivity index (χ1) is 10.7. The minimum absolute atomic E-state index is 0.189. The number of nitrogens with zero attached hydrogens (tertiary/aromatic N) is 2. The highest BCUT2D eigenvalue weighted by atomic mass is 16.5. The van der Waals surface area contributed by atoms with Crippen molar-refractivity contribution in [3.63, 3.8) is 0 Å². The smallest absolute Gasteiger partial charge is 0.222 e. The number of aromatic nitrogens is 2. The van der Waals surface area contributed by atoms with Crippen LogP contribution in [0.5, 0.6) is 5.75 Å². The maximum Gasteiger partial charge on any atom is 0.222 e. The van der Waals surface area contributed by atoms with Crippen LogP contribution < -0.4 is 16.2 Å². The molecule has 5 nitrogen and oxygen atoms in total. The van der Waals surface area contributed by atoms with Gasteiger partial charge in [-0.15, -0.1) is 0 Å². The number of nitrogen functional groups attached to an aromatic ring is 2. The Morgan fingerprint density at radius 3 is 2.45 bits per heavy atom. The van der Waals surface area contributed by atoms with Gasteiger partial charge in [0.1, 0.15) is 11.6 Å². The molecular weight excluding hydrogens is 276 g/mol. The van der Waals surface area contributed by atoms with Gasteiger partial charge in [-0.05, 0) is 18.6 Å². The molecule has 0 spiro atoms. The molecule has 0 amide bonds. The number of hydrogen-bond acceptors (Lipinski definition) is 5. The number of nitrogens with two attached hydrogens (primary N) is 2. The molecule has 0 unspecified atom stereocenters. The summed E-state index contributed by atoms with van der Waals surface area (Å²) < 4.78 is 5.87. The second kappa shape index (κ2) is 8.41. The lowest BCUT2D eigenvalue weighted by Crippen LogP contribution is -2.03. The van der Waals surface area contributed by atoms with Gasteiger partial charge in [0.2, 0.25) is 5.95 Å². The molecule has 0 radical (unpaired) electrons. The number of anilines is 2. The Labute approximate surface area is 132 Å². The average Bonchev–Trinajstić information content (AvgIpc) is 2.49. The molecule has 0 fully saturated rings. The molecular formula is C17H26N4O. The van der Waals surface area contributed by atoms with E-state index in [4.69, 9.17) is 16.2 Å². The highest BCUT2D eigenvalue weighted by Gasteiger charge is 2.09. The van der Waals surface area contributed by atoms with Crippen molar-refractivity contribution >= 4 is 22.7 Å². The summed E-state index contributed by atoms with van der Waals surface area (Å²) in [6.45, 7) is 2.93. The Morgan fingerprint density at radius 2 is 1.68 bits per heavy atom. The number of hydrogen-bond donors (Lipinski definition) is 2. The van der Waals surface area contributed by atoms with Gasteiger partial charge in [-0.3, -0.25) is 0 Å². The fraction of sp³-hybridized carbons (Fsp3) is 0.529. The van der Waals surface area contributed by atoms with E-state index in [-0.39, 0.29) is 5.95 Å². The second-order valence-electron chi connectivity index (χ2n) is 5.59. The third-order valence-corrected chi connectivity index (χ3v) is 3.74. The molecule has 0 aliphatic rings. The van der Waals surface area contributed by atoms with Crippen LogP contribution in [0.3, 0.4) is 0 Å². The van der Waals surface area contributed by atoms with Crippen LogP contribution in [0.1, 0.15) is 51.9 Å².